The minimum absolute atomic E-state index is 0.0991. The zero-order chi connectivity index (χ0) is 27.0. The van der Waals surface area contributed by atoms with E-state index in [0.717, 1.165) is 50.9 Å². The smallest absolute Gasteiger partial charge is 0.308 e. The van der Waals surface area contributed by atoms with E-state index in [1.165, 1.54) is 96.3 Å². The number of esters is 2. The minimum Gasteiger partial charge on any atom is -0.465 e. The second-order valence-corrected chi connectivity index (χ2v) is 12.1. The summed E-state index contributed by atoms with van der Waals surface area (Å²) in [7, 11) is 0. The number of carbonyl (C=O) groups excluding carboxylic acids is 2. The standard InChI is InChI=1S/C33H62O4/c1-4-5-6-7-8-9-10-11-14-17-20-26-36-32(34)30-24-22-25-31(28-30)33(35)37-27-21-18-15-12-13-16-19-23-29(2)3/h29-31H,4-28H2,1-3H3. The molecule has 0 heterocycles. The fraction of sp³-hybridized carbons (Fsp3) is 0.939. The van der Waals surface area contributed by atoms with Crippen molar-refractivity contribution >= 4 is 11.9 Å². The molecular weight excluding hydrogens is 460 g/mol. The van der Waals surface area contributed by atoms with E-state index in [1.807, 2.05) is 0 Å². The molecule has 1 aliphatic rings. The Kier molecular flexibility index (Phi) is 22.0. The van der Waals surface area contributed by atoms with Crippen LogP contribution in [0.25, 0.3) is 0 Å². The Morgan fingerprint density at radius 3 is 1.38 bits per heavy atom. The van der Waals surface area contributed by atoms with Gasteiger partial charge in [0.15, 0.2) is 0 Å². The van der Waals surface area contributed by atoms with Crippen molar-refractivity contribution in [2.24, 2.45) is 17.8 Å². The van der Waals surface area contributed by atoms with Crippen molar-refractivity contribution in [3.63, 3.8) is 0 Å². The van der Waals surface area contributed by atoms with Crippen LogP contribution in [0.15, 0.2) is 0 Å². The van der Waals surface area contributed by atoms with E-state index in [2.05, 4.69) is 20.8 Å². The Morgan fingerprint density at radius 1 is 0.595 bits per heavy atom. The molecule has 4 heteroatoms. The Morgan fingerprint density at radius 2 is 0.973 bits per heavy atom. The lowest BCUT2D eigenvalue weighted by Gasteiger charge is -2.26. The van der Waals surface area contributed by atoms with Crippen LogP contribution in [0.1, 0.15) is 168 Å². The van der Waals surface area contributed by atoms with E-state index in [-0.39, 0.29) is 23.8 Å². The maximum atomic E-state index is 12.5. The average molecular weight is 523 g/mol. The largest absolute Gasteiger partial charge is 0.465 e. The highest BCUT2D eigenvalue weighted by Crippen LogP contribution is 2.31. The van der Waals surface area contributed by atoms with Crippen molar-refractivity contribution in [1.29, 1.82) is 0 Å². The Balaban J connectivity index is 1.99. The summed E-state index contributed by atoms with van der Waals surface area (Å²) in [6.45, 7) is 7.90. The first-order valence-electron chi connectivity index (χ1n) is 16.4. The van der Waals surface area contributed by atoms with Crippen LogP contribution in [0.2, 0.25) is 0 Å². The molecule has 1 fully saturated rings. The topological polar surface area (TPSA) is 52.6 Å². The van der Waals surface area contributed by atoms with Crippen molar-refractivity contribution in [2.75, 3.05) is 13.2 Å². The first kappa shape index (κ1) is 34.0. The van der Waals surface area contributed by atoms with E-state index < -0.39 is 0 Å². The lowest BCUT2D eigenvalue weighted by Crippen LogP contribution is -2.30. The third-order valence-corrected chi connectivity index (χ3v) is 8.00. The molecule has 0 amide bonds. The van der Waals surface area contributed by atoms with Gasteiger partial charge in [-0.2, -0.15) is 0 Å². The Labute approximate surface area is 230 Å². The van der Waals surface area contributed by atoms with Crippen molar-refractivity contribution in [1.82, 2.24) is 0 Å². The highest BCUT2D eigenvalue weighted by Gasteiger charge is 2.32. The van der Waals surface area contributed by atoms with E-state index in [1.54, 1.807) is 0 Å². The zero-order valence-corrected chi connectivity index (χ0v) is 25.0. The summed E-state index contributed by atoms with van der Waals surface area (Å²) >= 11 is 0. The molecule has 0 bridgehead atoms. The van der Waals surface area contributed by atoms with E-state index in [9.17, 15) is 9.59 Å². The molecule has 2 unspecified atom stereocenters. The quantitative estimate of drug-likeness (QED) is 0.0934. The number of hydrogen-bond donors (Lipinski definition) is 0. The van der Waals surface area contributed by atoms with Crippen LogP contribution in [-0.4, -0.2) is 25.2 Å². The molecule has 0 N–H and O–H groups in total. The summed E-state index contributed by atoms with van der Waals surface area (Å²) in [5.41, 5.74) is 0. The second-order valence-electron chi connectivity index (χ2n) is 12.1. The minimum atomic E-state index is -0.130. The van der Waals surface area contributed by atoms with E-state index >= 15 is 0 Å². The molecule has 1 rings (SSSR count). The Hall–Kier alpha value is -1.06. The molecule has 0 aromatic rings. The van der Waals surface area contributed by atoms with Crippen LogP contribution in [0.5, 0.6) is 0 Å². The molecule has 0 aromatic heterocycles. The van der Waals surface area contributed by atoms with E-state index in [4.69, 9.17) is 9.47 Å². The predicted octanol–water partition coefficient (Wildman–Crippen LogP) is 9.97. The van der Waals surface area contributed by atoms with Crippen molar-refractivity contribution in [3.8, 4) is 0 Å². The maximum Gasteiger partial charge on any atom is 0.308 e. The molecule has 1 aliphatic carbocycles. The number of ether oxygens (including phenoxy) is 2. The molecule has 0 aromatic carbocycles. The van der Waals surface area contributed by atoms with Gasteiger partial charge in [-0.25, -0.2) is 0 Å². The molecule has 0 saturated heterocycles. The summed E-state index contributed by atoms with van der Waals surface area (Å²) in [6, 6.07) is 0. The summed E-state index contributed by atoms with van der Waals surface area (Å²) in [4.78, 5) is 25.1. The molecule has 1 saturated carbocycles. The highest BCUT2D eigenvalue weighted by molar-refractivity contribution is 5.76. The van der Waals surface area contributed by atoms with Gasteiger partial charge >= 0.3 is 11.9 Å². The van der Waals surface area contributed by atoms with Gasteiger partial charge in [-0.15, -0.1) is 0 Å². The molecule has 0 radical (unpaired) electrons. The van der Waals surface area contributed by atoms with Crippen LogP contribution in [-0.2, 0) is 19.1 Å². The first-order chi connectivity index (χ1) is 18.0. The fourth-order valence-corrected chi connectivity index (χ4v) is 5.50. The summed E-state index contributed by atoms with van der Waals surface area (Å²) in [6.07, 6.45) is 27.4. The van der Waals surface area contributed by atoms with Gasteiger partial charge in [0.2, 0.25) is 0 Å². The van der Waals surface area contributed by atoms with Gasteiger partial charge in [0, 0.05) is 0 Å². The predicted molar refractivity (Wildman–Crippen MR) is 156 cm³/mol. The second kappa shape index (κ2) is 24.0. The molecule has 0 spiro atoms. The van der Waals surface area contributed by atoms with Crippen LogP contribution in [0.4, 0.5) is 0 Å². The van der Waals surface area contributed by atoms with Gasteiger partial charge in [0.1, 0.15) is 0 Å². The van der Waals surface area contributed by atoms with Crippen LogP contribution >= 0.6 is 0 Å². The Bertz CT molecular complexity index is 544. The average Bonchev–Trinajstić information content (AvgIpc) is 2.90. The molecule has 0 aliphatic heterocycles. The zero-order valence-electron chi connectivity index (χ0n) is 25.0. The molecule has 37 heavy (non-hydrogen) atoms. The maximum absolute atomic E-state index is 12.5. The molecule has 218 valence electrons. The number of rotatable bonds is 24. The van der Waals surface area contributed by atoms with Gasteiger partial charge in [-0.3, -0.25) is 9.59 Å². The van der Waals surface area contributed by atoms with Gasteiger partial charge in [-0.1, -0.05) is 136 Å². The summed E-state index contributed by atoms with van der Waals surface area (Å²) < 4.78 is 11.1. The molecule has 4 nitrogen and oxygen atoms in total. The van der Waals surface area contributed by atoms with Gasteiger partial charge in [0.05, 0.1) is 25.0 Å². The van der Waals surface area contributed by atoms with Crippen LogP contribution < -0.4 is 0 Å². The number of carbonyl (C=O) groups is 2. The van der Waals surface area contributed by atoms with Crippen molar-refractivity contribution in [3.05, 3.63) is 0 Å². The van der Waals surface area contributed by atoms with Gasteiger partial charge < -0.3 is 9.47 Å². The third-order valence-electron chi connectivity index (χ3n) is 8.00. The fourth-order valence-electron chi connectivity index (χ4n) is 5.50. The van der Waals surface area contributed by atoms with Gasteiger partial charge in [-0.05, 0) is 38.0 Å². The SMILES string of the molecule is CCCCCCCCCCCCCOC(=O)C1CCCC(C(=O)OCCCCCCCCCC(C)C)C1. The van der Waals surface area contributed by atoms with Crippen molar-refractivity contribution < 1.29 is 19.1 Å². The normalized spacial score (nSPS) is 17.7. The monoisotopic (exact) mass is 522 g/mol. The molecular formula is C33H62O4. The van der Waals surface area contributed by atoms with E-state index in [0.29, 0.717) is 19.6 Å². The first-order valence-corrected chi connectivity index (χ1v) is 16.4. The summed E-state index contributed by atoms with van der Waals surface area (Å²) in [5.74, 6) is 0.359. The van der Waals surface area contributed by atoms with Crippen LogP contribution in [0, 0.1) is 17.8 Å². The summed E-state index contributed by atoms with van der Waals surface area (Å²) in [5, 5.41) is 0. The third kappa shape index (κ3) is 19.6. The molecule has 2 atom stereocenters. The van der Waals surface area contributed by atoms with Crippen molar-refractivity contribution in [2.45, 2.75) is 168 Å². The van der Waals surface area contributed by atoms with Crippen LogP contribution in [0.3, 0.4) is 0 Å². The lowest BCUT2D eigenvalue weighted by atomic mass is 9.81. The lowest BCUT2D eigenvalue weighted by molar-refractivity contribution is -0.155. The number of hydrogen-bond acceptors (Lipinski definition) is 4. The van der Waals surface area contributed by atoms with Gasteiger partial charge in [0.25, 0.3) is 0 Å². The number of unbranched alkanes of at least 4 members (excludes halogenated alkanes) is 16. The highest BCUT2D eigenvalue weighted by atomic mass is 16.5.